The lowest BCUT2D eigenvalue weighted by Gasteiger charge is -2.35. The molecule has 0 N–H and O–H groups in total. The number of rotatable bonds is 5. The van der Waals surface area contributed by atoms with Crippen molar-refractivity contribution in [3.63, 3.8) is 0 Å². The predicted octanol–water partition coefficient (Wildman–Crippen LogP) is 2.42. The maximum atomic E-state index is 12.8. The minimum Gasteiger partial charge on any atom is -0.306 e. The maximum absolute atomic E-state index is 12.8. The van der Waals surface area contributed by atoms with Crippen LogP contribution in [0.3, 0.4) is 0 Å². The molecule has 110 valence electrons. The second-order valence-electron chi connectivity index (χ2n) is 5.70. The molecule has 1 fully saturated rings. The van der Waals surface area contributed by atoms with Crippen molar-refractivity contribution in [3.8, 4) is 0 Å². The van der Waals surface area contributed by atoms with Crippen molar-refractivity contribution in [1.82, 2.24) is 9.80 Å². The molecule has 1 saturated heterocycles. The first kappa shape index (κ1) is 15.1. The number of piperidine rings is 1. The maximum Gasteiger partial charge on any atom is 0.164 e. The van der Waals surface area contributed by atoms with Crippen molar-refractivity contribution in [2.24, 2.45) is 0 Å². The summed E-state index contributed by atoms with van der Waals surface area (Å²) in [6, 6.07) is 6.38. The van der Waals surface area contributed by atoms with Crippen LogP contribution in [0.2, 0.25) is 0 Å². The zero-order valence-electron chi connectivity index (χ0n) is 12.3. The number of ketones is 1. The zero-order valence-corrected chi connectivity index (χ0v) is 12.3. The van der Waals surface area contributed by atoms with Crippen LogP contribution >= 0.6 is 0 Å². The van der Waals surface area contributed by atoms with Crippen LogP contribution in [0.15, 0.2) is 24.3 Å². The first-order valence-electron chi connectivity index (χ1n) is 7.24. The predicted molar refractivity (Wildman–Crippen MR) is 78.5 cm³/mol. The van der Waals surface area contributed by atoms with E-state index in [4.69, 9.17) is 0 Å². The van der Waals surface area contributed by atoms with Crippen molar-refractivity contribution >= 4 is 5.78 Å². The van der Waals surface area contributed by atoms with Crippen molar-refractivity contribution in [2.75, 3.05) is 33.7 Å². The summed E-state index contributed by atoms with van der Waals surface area (Å²) in [5, 5.41) is 0. The van der Waals surface area contributed by atoms with Crippen LogP contribution in [0.4, 0.5) is 4.39 Å². The van der Waals surface area contributed by atoms with Crippen molar-refractivity contribution in [2.45, 2.75) is 25.3 Å². The molecule has 0 bridgehead atoms. The van der Waals surface area contributed by atoms with Gasteiger partial charge in [-0.15, -0.1) is 0 Å². The second-order valence-corrected chi connectivity index (χ2v) is 5.70. The van der Waals surface area contributed by atoms with Gasteiger partial charge in [0.15, 0.2) is 5.78 Å². The van der Waals surface area contributed by atoms with Gasteiger partial charge in [-0.3, -0.25) is 4.79 Å². The van der Waals surface area contributed by atoms with E-state index < -0.39 is 0 Å². The summed E-state index contributed by atoms with van der Waals surface area (Å²) < 4.78 is 12.8. The number of likely N-dealkylation sites (tertiary alicyclic amines) is 1. The largest absolute Gasteiger partial charge is 0.306 e. The number of nitrogens with zero attached hydrogens (tertiary/aromatic N) is 2. The molecular weight excluding hydrogens is 255 g/mol. The van der Waals surface area contributed by atoms with Crippen LogP contribution in [0.5, 0.6) is 0 Å². The van der Waals surface area contributed by atoms with Crippen LogP contribution in [-0.2, 0) is 0 Å². The second kappa shape index (κ2) is 6.95. The number of hydrogen-bond acceptors (Lipinski definition) is 3. The molecule has 2 rings (SSSR count). The lowest BCUT2D eigenvalue weighted by molar-refractivity contribution is 0.0939. The highest BCUT2D eigenvalue weighted by Crippen LogP contribution is 2.15. The van der Waals surface area contributed by atoms with Gasteiger partial charge in [0, 0.05) is 24.6 Å². The van der Waals surface area contributed by atoms with Crippen LogP contribution in [0.1, 0.15) is 29.6 Å². The fraction of sp³-hybridized carbons (Fsp3) is 0.562. The summed E-state index contributed by atoms with van der Waals surface area (Å²) in [7, 11) is 4.24. The van der Waals surface area contributed by atoms with Gasteiger partial charge in [0.1, 0.15) is 5.82 Å². The van der Waals surface area contributed by atoms with Crippen LogP contribution in [0, 0.1) is 5.82 Å². The van der Waals surface area contributed by atoms with Gasteiger partial charge in [-0.05, 0) is 64.3 Å². The summed E-state index contributed by atoms with van der Waals surface area (Å²) in [6.07, 6.45) is 2.82. The van der Waals surface area contributed by atoms with Crippen LogP contribution in [0.25, 0.3) is 0 Å². The molecule has 0 aliphatic carbocycles. The average Bonchev–Trinajstić information content (AvgIpc) is 2.46. The number of benzene rings is 1. The Kier molecular flexibility index (Phi) is 5.26. The molecule has 1 heterocycles. The molecule has 0 unspecified atom stereocenters. The molecule has 3 nitrogen and oxygen atoms in total. The van der Waals surface area contributed by atoms with Crippen LogP contribution in [-0.4, -0.2) is 55.4 Å². The Bertz CT molecular complexity index is 438. The van der Waals surface area contributed by atoms with Gasteiger partial charge in [0.05, 0.1) is 0 Å². The topological polar surface area (TPSA) is 23.6 Å². The molecule has 4 heteroatoms. The summed E-state index contributed by atoms with van der Waals surface area (Å²) in [6.45, 7) is 3.02. The Labute approximate surface area is 120 Å². The average molecular weight is 278 g/mol. The fourth-order valence-electron chi connectivity index (χ4n) is 2.68. The lowest BCUT2D eigenvalue weighted by Crippen LogP contribution is -2.42. The highest BCUT2D eigenvalue weighted by atomic mass is 19.1. The van der Waals surface area contributed by atoms with Crippen molar-refractivity contribution < 1.29 is 9.18 Å². The Morgan fingerprint density at radius 3 is 2.50 bits per heavy atom. The summed E-state index contributed by atoms with van der Waals surface area (Å²) in [5.41, 5.74) is 0.600. The molecule has 0 atom stereocenters. The standard InChI is InChI=1S/C16H23FN2O/c1-18-10-7-15(8-11-18)19(2)12-9-16(20)13-3-5-14(17)6-4-13/h3-6,15H,7-12H2,1-2H3. The Hall–Kier alpha value is -1.26. The number of hydrogen-bond donors (Lipinski definition) is 0. The molecule has 0 aromatic heterocycles. The Balaban J connectivity index is 1.79. The highest BCUT2D eigenvalue weighted by Gasteiger charge is 2.20. The smallest absolute Gasteiger partial charge is 0.164 e. The van der Waals surface area contributed by atoms with E-state index in [1.165, 1.54) is 12.1 Å². The van der Waals surface area contributed by atoms with Gasteiger partial charge in [-0.1, -0.05) is 0 Å². The molecule has 1 aliphatic rings. The number of carbonyl (C=O) groups excluding carboxylic acids is 1. The molecular formula is C16H23FN2O. The van der Waals surface area contributed by atoms with E-state index >= 15 is 0 Å². The number of Topliss-reactive ketones (excluding diaryl/α,β-unsaturated/α-hetero) is 1. The minimum atomic E-state index is -0.301. The fourth-order valence-corrected chi connectivity index (χ4v) is 2.68. The quantitative estimate of drug-likeness (QED) is 0.773. The van der Waals surface area contributed by atoms with Gasteiger partial charge < -0.3 is 9.80 Å². The van der Waals surface area contributed by atoms with E-state index in [1.54, 1.807) is 12.1 Å². The molecule has 0 radical (unpaired) electrons. The van der Waals surface area contributed by atoms with Crippen molar-refractivity contribution in [1.29, 1.82) is 0 Å². The van der Waals surface area contributed by atoms with Crippen LogP contribution < -0.4 is 0 Å². The van der Waals surface area contributed by atoms with Gasteiger partial charge >= 0.3 is 0 Å². The van der Waals surface area contributed by atoms with E-state index in [0.29, 0.717) is 18.0 Å². The molecule has 1 aromatic rings. The normalized spacial score (nSPS) is 17.6. The first-order chi connectivity index (χ1) is 9.56. The molecule has 0 spiro atoms. The molecule has 1 aromatic carbocycles. The summed E-state index contributed by atoms with van der Waals surface area (Å²) in [4.78, 5) is 16.7. The van der Waals surface area contributed by atoms with Gasteiger partial charge in [-0.2, -0.15) is 0 Å². The van der Waals surface area contributed by atoms with Gasteiger partial charge in [0.25, 0.3) is 0 Å². The summed E-state index contributed by atoms with van der Waals surface area (Å²) >= 11 is 0. The SMILES string of the molecule is CN1CCC(N(C)CCC(=O)c2ccc(F)cc2)CC1. The Morgan fingerprint density at radius 1 is 1.30 bits per heavy atom. The van der Waals surface area contributed by atoms with E-state index in [-0.39, 0.29) is 11.6 Å². The van der Waals surface area contributed by atoms with Gasteiger partial charge in [0.2, 0.25) is 0 Å². The first-order valence-corrected chi connectivity index (χ1v) is 7.24. The third-order valence-electron chi connectivity index (χ3n) is 4.17. The molecule has 0 amide bonds. The molecule has 20 heavy (non-hydrogen) atoms. The monoisotopic (exact) mass is 278 g/mol. The molecule has 1 aliphatic heterocycles. The minimum absolute atomic E-state index is 0.0878. The van der Waals surface area contributed by atoms with Crippen molar-refractivity contribution in [3.05, 3.63) is 35.6 Å². The molecule has 0 saturated carbocycles. The third kappa shape index (κ3) is 4.12. The highest BCUT2D eigenvalue weighted by molar-refractivity contribution is 5.96. The van der Waals surface area contributed by atoms with E-state index in [2.05, 4.69) is 23.9 Å². The summed E-state index contributed by atoms with van der Waals surface area (Å²) in [5.74, 6) is -0.213. The zero-order chi connectivity index (χ0) is 14.5. The third-order valence-corrected chi connectivity index (χ3v) is 4.17. The Morgan fingerprint density at radius 2 is 1.90 bits per heavy atom. The van der Waals surface area contributed by atoms with E-state index in [9.17, 15) is 9.18 Å². The van der Waals surface area contributed by atoms with E-state index in [0.717, 1.165) is 32.5 Å². The number of halogens is 1. The number of carbonyl (C=O) groups is 1. The van der Waals surface area contributed by atoms with E-state index in [1.807, 2.05) is 0 Å². The lowest BCUT2D eigenvalue weighted by atomic mass is 10.0. The van der Waals surface area contributed by atoms with Gasteiger partial charge in [-0.25, -0.2) is 4.39 Å².